The van der Waals surface area contributed by atoms with E-state index < -0.39 is 27.5 Å². The normalized spacial score (nSPS) is 11.0. The molecule has 0 aliphatic carbocycles. The minimum absolute atomic E-state index is 0.265. The van der Waals surface area contributed by atoms with E-state index in [4.69, 9.17) is 0 Å². The minimum Gasteiger partial charge on any atom is -0.465 e. The number of hydrogen-bond donors (Lipinski definition) is 1. The number of nitrogens with one attached hydrogen (secondary N) is 1. The summed E-state index contributed by atoms with van der Waals surface area (Å²) in [6.45, 7) is 2.02. The summed E-state index contributed by atoms with van der Waals surface area (Å²) in [6.07, 6.45) is 0.882. The van der Waals surface area contributed by atoms with Crippen LogP contribution in [0.4, 0.5) is 5.69 Å². The van der Waals surface area contributed by atoms with Crippen molar-refractivity contribution >= 4 is 27.4 Å². The van der Waals surface area contributed by atoms with Gasteiger partial charge in [-0.3, -0.25) is 4.79 Å². The Kier molecular flexibility index (Phi) is 6.52. The summed E-state index contributed by atoms with van der Waals surface area (Å²) < 4.78 is 29.2. The summed E-state index contributed by atoms with van der Waals surface area (Å²) in [6, 6.07) is 13.4. The molecular weight excluding hydrogens is 354 g/mol. The first-order chi connectivity index (χ1) is 12.3. The van der Waals surface area contributed by atoms with Gasteiger partial charge in [-0.15, -0.1) is 0 Å². The number of sulfone groups is 1. The zero-order valence-electron chi connectivity index (χ0n) is 14.7. The maximum atomic E-state index is 12.3. The van der Waals surface area contributed by atoms with Gasteiger partial charge in [0.2, 0.25) is 5.91 Å². The van der Waals surface area contributed by atoms with Gasteiger partial charge in [-0.25, -0.2) is 13.2 Å². The van der Waals surface area contributed by atoms with E-state index in [0.29, 0.717) is 11.3 Å². The Labute approximate surface area is 153 Å². The number of methoxy groups -OCH3 is 1. The molecule has 26 heavy (non-hydrogen) atoms. The molecule has 7 heteroatoms. The molecule has 138 valence electrons. The Balaban J connectivity index is 2.01. The summed E-state index contributed by atoms with van der Waals surface area (Å²) in [5, 5.41) is 2.58. The number of carbonyl (C=O) groups excluding carboxylic acids is 2. The summed E-state index contributed by atoms with van der Waals surface area (Å²) in [7, 11) is -2.43. The molecule has 0 saturated heterocycles. The highest BCUT2D eigenvalue weighted by atomic mass is 32.2. The maximum Gasteiger partial charge on any atom is 0.337 e. The van der Waals surface area contributed by atoms with Crippen molar-refractivity contribution in [2.45, 2.75) is 19.1 Å². The summed E-state index contributed by atoms with van der Waals surface area (Å²) >= 11 is 0. The van der Waals surface area contributed by atoms with Crippen LogP contribution in [0.5, 0.6) is 0 Å². The van der Waals surface area contributed by atoms with E-state index in [1.165, 1.54) is 19.2 Å². The van der Waals surface area contributed by atoms with Crippen molar-refractivity contribution in [3.63, 3.8) is 0 Å². The predicted octanol–water partition coefficient (Wildman–Crippen LogP) is 2.59. The van der Waals surface area contributed by atoms with E-state index in [1.54, 1.807) is 24.3 Å². The lowest BCUT2D eigenvalue weighted by molar-refractivity contribution is -0.113. The molecule has 0 atom stereocenters. The number of aryl methyl sites for hydroxylation is 1. The van der Waals surface area contributed by atoms with Crippen LogP contribution in [-0.2, 0) is 31.5 Å². The molecule has 0 unspecified atom stereocenters. The van der Waals surface area contributed by atoms with E-state index in [9.17, 15) is 18.0 Å². The van der Waals surface area contributed by atoms with Gasteiger partial charge in [-0.2, -0.15) is 0 Å². The minimum atomic E-state index is -3.68. The molecule has 0 aliphatic heterocycles. The molecule has 6 nitrogen and oxygen atoms in total. The number of amides is 1. The Morgan fingerprint density at radius 2 is 1.73 bits per heavy atom. The molecule has 0 heterocycles. The third kappa shape index (κ3) is 5.70. The number of hydrogen-bond acceptors (Lipinski definition) is 5. The average molecular weight is 375 g/mol. The van der Waals surface area contributed by atoms with E-state index in [0.717, 1.165) is 12.0 Å². The van der Waals surface area contributed by atoms with E-state index in [1.807, 2.05) is 19.1 Å². The molecule has 0 spiro atoms. The number of carbonyl (C=O) groups is 2. The standard InChI is InChI=1S/C19H21NO5S/c1-3-14-7-9-17(10-8-14)20-18(21)13-26(23,24)12-15-5-4-6-16(11-15)19(22)25-2/h4-11H,3,12-13H2,1-2H3,(H,20,21). The third-order valence-electron chi connectivity index (χ3n) is 3.73. The van der Waals surface area contributed by atoms with Gasteiger partial charge in [0, 0.05) is 5.69 Å². The highest BCUT2D eigenvalue weighted by Gasteiger charge is 2.18. The highest BCUT2D eigenvalue weighted by Crippen LogP contribution is 2.13. The van der Waals surface area contributed by atoms with E-state index >= 15 is 0 Å². The van der Waals surface area contributed by atoms with Crippen LogP contribution in [0.1, 0.15) is 28.4 Å². The van der Waals surface area contributed by atoms with Crippen LogP contribution in [0.3, 0.4) is 0 Å². The molecule has 2 aromatic rings. The van der Waals surface area contributed by atoms with Gasteiger partial charge >= 0.3 is 5.97 Å². The van der Waals surface area contributed by atoms with Crippen molar-refractivity contribution < 1.29 is 22.7 Å². The summed E-state index contributed by atoms with van der Waals surface area (Å²) in [5.41, 5.74) is 2.37. The Morgan fingerprint density at radius 3 is 2.35 bits per heavy atom. The highest BCUT2D eigenvalue weighted by molar-refractivity contribution is 7.91. The number of benzene rings is 2. The summed E-state index contributed by atoms with van der Waals surface area (Å²) in [4.78, 5) is 23.6. The largest absolute Gasteiger partial charge is 0.465 e. The van der Waals surface area contributed by atoms with Crippen molar-refractivity contribution in [1.29, 1.82) is 0 Å². The third-order valence-corrected chi connectivity index (χ3v) is 5.21. The van der Waals surface area contributed by atoms with Crippen molar-refractivity contribution in [2.24, 2.45) is 0 Å². The second-order valence-electron chi connectivity index (χ2n) is 5.82. The Hall–Kier alpha value is -2.67. The number of ether oxygens (including phenoxy) is 1. The predicted molar refractivity (Wildman–Crippen MR) is 99.7 cm³/mol. The SMILES string of the molecule is CCc1ccc(NC(=O)CS(=O)(=O)Cc2cccc(C(=O)OC)c2)cc1. The topological polar surface area (TPSA) is 89.5 Å². The van der Waals surface area contributed by atoms with Crippen LogP contribution in [0.15, 0.2) is 48.5 Å². The van der Waals surface area contributed by atoms with Crippen LogP contribution >= 0.6 is 0 Å². The smallest absolute Gasteiger partial charge is 0.337 e. The fraction of sp³-hybridized carbons (Fsp3) is 0.263. The molecule has 0 saturated carbocycles. The van der Waals surface area contributed by atoms with Gasteiger partial charge < -0.3 is 10.1 Å². The number of rotatable bonds is 7. The first-order valence-electron chi connectivity index (χ1n) is 8.09. The van der Waals surface area contributed by atoms with Crippen LogP contribution < -0.4 is 5.32 Å². The first kappa shape index (κ1) is 19.7. The fourth-order valence-corrected chi connectivity index (χ4v) is 3.69. The molecule has 2 aromatic carbocycles. The van der Waals surface area contributed by atoms with E-state index in [-0.39, 0.29) is 11.3 Å². The van der Waals surface area contributed by atoms with Crippen molar-refractivity contribution in [3.05, 3.63) is 65.2 Å². The van der Waals surface area contributed by atoms with Crippen LogP contribution in [0.25, 0.3) is 0 Å². The lowest BCUT2D eigenvalue weighted by Crippen LogP contribution is -2.24. The van der Waals surface area contributed by atoms with Crippen molar-refractivity contribution in [3.8, 4) is 0 Å². The van der Waals surface area contributed by atoms with E-state index in [2.05, 4.69) is 10.1 Å². The second kappa shape index (κ2) is 8.62. The molecular formula is C19H21NO5S. The fourth-order valence-electron chi connectivity index (χ4n) is 2.43. The molecule has 0 aromatic heterocycles. The first-order valence-corrected chi connectivity index (χ1v) is 9.91. The molecule has 0 fully saturated rings. The average Bonchev–Trinajstić information content (AvgIpc) is 2.60. The lowest BCUT2D eigenvalue weighted by atomic mass is 10.1. The zero-order chi connectivity index (χ0) is 19.2. The quantitative estimate of drug-likeness (QED) is 0.752. The van der Waals surface area contributed by atoms with Crippen LogP contribution in [-0.4, -0.2) is 33.2 Å². The van der Waals surface area contributed by atoms with Crippen LogP contribution in [0, 0.1) is 0 Å². The molecule has 0 aliphatic rings. The summed E-state index contributed by atoms with van der Waals surface area (Å²) in [5.74, 6) is -2.11. The molecule has 0 bridgehead atoms. The molecule has 0 radical (unpaired) electrons. The molecule has 1 amide bonds. The number of esters is 1. The van der Waals surface area contributed by atoms with Gasteiger partial charge in [0.15, 0.2) is 9.84 Å². The number of anilines is 1. The monoisotopic (exact) mass is 375 g/mol. The second-order valence-corrected chi connectivity index (χ2v) is 7.89. The molecule has 2 rings (SSSR count). The lowest BCUT2D eigenvalue weighted by Gasteiger charge is -2.08. The van der Waals surface area contributed by atoms with Crippen molar-refractivity contribution in [2.75, 3.05) is 18.2 Å². The van der Waals surface area contributed by atoms with Crippen LogP contribution in [0.2, 0.25) is 0 Å². The van der Waals surface area contributed by atoms with Gasteiger partial charge in [-0.05, 0) is 41.8 Å². The van der Waals surface area contributed by atoms with Gasteiger partial charge in [0.05, 0.1) is 18.4 Å². The van der Waals surface area contributed by atoms with Gasteiger partial charge in [0.1, 0.15) is 5.75 Å². The molecule has 1 N–H and O–H groups in total. The Morgan fingerprint density at radius 1 is 1.04 bits per heavy atom. The van der Waals surface area contributed by atoms with Gasteiger partial charge in [-0.1, -0.05) is 31.2 Å². The maximum absolute atomic E-state index is 12.3. The Bertz CT molecular complexity index is 888. The zero-order valence-corrected chi connectivity index (χ0v) is 15.5. The van der Waals surface area contributed by atoms with Crippen molar-refractivity contribution in [1.82, 2.24) is 0 Å². The van der Waals surface area contributed by atoms with Gasteiger partial charge in [0.25, 0.3) is 0 Å².